The second-order valence-corrected chi connectivity index (χ2v) is 5.20. The van der Waals surface area contributed by atoms with Gasteiger partial charge in [0.2, 0.25) is 0 Å². The molecule has 0 aliphatic heterocycles. The fourth-order valence-electron chi connectivity index (χ4n) is 1.48. The predicted molar refractivity (Wildman–Crippen MR) is 73.1 cm³/mol. The van der Waals surface area contributed by atoms with Crippen LogP contribution in [0.2, 0.25) is 0 Å². The predicted octanol–water partition coefficient (Wildman–Crippen LogP) is 2.89. The van der Waals surface area contributed by atoms with Crippen molar-refractivity contribution in [1.82, 2.24) is 5.32 Å². The molecule has 0 saturated carbocycles. The maximum Gasteiger partial charge on any atom is 0.270 e. The fourth-order valence-corrected chi connectivity index (χ4v) is 2.10. The van der Waals surface area contributed by atoms with Gasteiger partial charge in [0.05, 0.1) is 4.92 Å². The zero-order chi connectivity index (χ0) is 13.5. The first-order valence-electron chi connectivity index (χ1n) is 5.71. The Morgan fingerprint density at radius 2 is 2.28 bits per heavy atom. The summed E-state index contributed by atoms with van der Waals surface area (Å²) in [7, 11) is 0. The van der Waals surface area contributed by atoms with Crippen LogP contribution in [0.3, 0.4) is 0 Å². The summed E-state index contributed by atoms with van der Waals surface area (Å²) < 4.78 is 0. The number of non-ortho nitro benzene ring substituents is 1. The Balaban J connectivity index is 2.61. The van der Waals surface area contributed by atoms with Crippen LogP contribution in [0.4, 0.5) is 5.69 Å². The number of carbonyl (C=O) groups is 1. The van der Waals surface area contributed by atoms with Gasteiger partial charge in [-0.3, -0.25) is 14.9 Å². The molecule has 1 aromatic carbocycles. The van der Waals surface area contributed by atoms with Crippen molar-refractivity contribution in [1.29, 1.82) is 0 Å². The van der Waals surface area contributed by atoms with Gasteiger partial charge in [0.25, 0.3) is 11.6 Å². The molecule has 1 unspecified atom stereocenters. The number of nitrogens with zero attached hydrogens (tertiary/aromatic N) is 1. The molecule has 0 aliphatic carbocycles. The number of nitrogens with one attached hydrogen (secondary N) is 1. The molecule has 1 N–H and O–H groups in total. The van der Waals surface area contributed by atoms with Crippen molar-refractivity contribution in [3.05, 3.63) is 39.9 Å². The number of amides is 1. The lowest BCUT2D eigenvalue weighted by atomic mass is 10.2. The van der Waals surface area contributed by atoms with E-state index in [0.717, 1.165) is 12.8 Å². The number of hydrogen-bond donors (Lipinski definition) is 1. The highest BCUT2D eigenvalue weighted by molar-refractivity contribution is 9.09. The molecular weight excluding hydrogens is 300 g/mol. The summed E-state index contributed by atoms with van der Waals surface area (Å²) in [6.07, 6.45) is 2.00. The number of hydrogen-bond acceptors (Lipinski definition) is 3. The smallest absolute Gasteiger partial charge is 0.270 e. The van der Waals surface area contributed by atoms with Crippen molar-refractivity contribution in [2.45, 2.75) is 24.6 Å². The molecule has 1 aromatic rings. The van der Waals surface area contributed by atoms with E-state index >= 15 is 0 Å². The summed E-state index contributed by atoms with van der Waals surface area (Å²) in [5.74, 6) is -0.292. The molecule has 0 spiro atoms. The van der Waals surface area contributed by atoms with Gasteiger partial charge >= 0.3 is 0 Å². The summed E-state index contributed by atoms with van der Waals surface area (Å²) in [6, 6.07) is 5.70. The molecule has 0 saturated heterocycles. The Bertz CT molecular complexity index is 437. The van der Waals surface area contributed by atoms with Gasteiger partial charge in [-0.2, -0.15) is 0 Å². The average Bonchev–Trinajstić information content (AvgIpc) is 2.36. The van der Waals surface area contributed by atoms with Crippen LogP contribution in [-0.4, -0.2) is 22.2 Å². The number of rotatable bonds is 6. The van der Waals surface area contributed by atoms with Gasteiger partial charge in [0.15, 0.2) is 0 Å². The van der Waals surface area contributed by atoms with Crippen molar-refractivity contribution >= 4 is 27.5 Å². The van der Waals surface area contributed by atoms with Crippen LogP contribution in [0.25, 0.3) is 0 Å². The Morgan fingerprint density at radius 3 is 2.89 bits per heavy atom. The summed E-state index contributed by atoms with van der Waals surface area (Å²) in [6.45, 7) is 2.58. The molecule has 1 rings (SSSR count). The second kappa shape index (κ2) is 7.10. The van der Waals surface area contributed by atoms with Gasteiger partial charge in [-0.1, -0.05) is 35.3 Å². The summed E-state index contributed by atoms with van der Waals surface area (Å²) in [4.78, 5) is 22.1. The van der Waals surface area contributed by atoms with Crippen molar-refractivity contribution < 1.29 is 9.72 Å². The maximum atomic E-state index is 11.8. The SMILES string of the molecule is CCCC(Br)CNC(=O)c1cccc([N+](=O)[O-])c1. The normalized spacial score (nSPS) is 11.9. The molecule has 6 heteroatoms. The van der Waals surface area contributed by atoms with Crippen LogP contribution < -0.4 is 5.32 Å². The Kier molecular flexibility index (Phi) is 5.77. The third-order valence-electron chi connectivity index (χ3n) is 2.41. The first kappa shape index (κ1) is 14.6. The Morgan fingerprint density at radius 1 is 1.56 bits per heavy atom. The van der Waals surface area contributed by atoms with E-state index in [1.807, 2.05) is 0 Å². The largest absolute Gasteiger partial charge is 0.351 e. The molecule has 1 atom stereocenters. The lowest BCUT2D eigenvalue weighted by Gasteiger charge is -2.09. The highest BCUT2D eigenvalue weighted by Crippen LogP contribution is 2.13. The number of benzene rings is 1. The number of nitro benzene ring substituents is 1. The van der Waals surface area contributed by atoms with Gasteiger partial charge in [-0.15, -0.1) is 0 Å². The quantitative estimate of drug-likeness (QED) is 0.498. The summed E-state index contributed by atoms with van der Waals surface area (Å²) >= 11 is 3.45. The van der Waals surface area contributed by atoms with Crippen LogP contribution in [0.1, 0.15) is 30.1 Å². The molecule has 0 bridgehead atoms. The molecule has 98 valence electrons. The van der Waals surface area contributed by atoms with Gasteiger partial charge in [0.1, 0.15) is 0 Å². The minimum absolute atomic E-state index is 0.0772. The van der Waals surface area contributed by atoms with Crippen LogP contribution in [0.15, 0.2) is 24.3 Å². The third-order valence-corrected chi connectivity index (χ3v) is 3.19. The average molecular weight is 315 g/mol. The van der Waals surface area contributed by atoms with Gasteiger partial charge in [-0.05, 0) is 12.5 Å². The molecule has 0 aliphatic rings. The lowest BCUT2D eigenvalue weighted by Crippen LogP contribution is -2.29. The monoisotopic (exact) mass is 314 g/mol. The van der Waals surface area contributed by atoms with Crippen molar-refractivity contribution in [3.8, 4) is 0 Å². The Hall–Kier alpha value is -1.43. The Labute approximate surface area is 114 Å². The van der Waals surface area contributed by atoms with E-state index in [0.29, 0.717) is 12.1 Å². The molecule has 0 fully saturated rings. The zero-order valence-electron chi connectivity index (χ0n) is 10.1. The van der Waals surface area contributed by atoms with Crippen molar-refractivity contribution in [3.63, 3.8) is 0 Å². The van der Waals surface area contributed by atoms with Crippen LogP contribution >= 0.6 is 15.9 Å². The van der Waals surface area contributed by atoms with E-state index in [9.17, 15) is 14.9 Å². The number of halogens is 1. The van der Waals surface area contributed by atoms with Crippen LogP contribution in [-0.2, 0) is 0 Å². The van der Waals surface area contributed by atoms with Crippen LogP contribution in [0, 0.1) is 10.1 Å². The lowest BCUT2D eigenvalue weighted by molar-refractivity contribution is -0.384. The fraction of sp³-hybridized carbons (Fsp3) is 0.417. The number of carbonyl (C=O) groups excluding carboxylic acids is 1. The van der Waals surface area contributed by atoms with E-state index in [-0.39, 0.29) is 16.4 Å². The van der Waals surface area contributed by atoms with Crippen LogP contribution in [0.5, 0.6) is 0 Å². The molecule has 5 nitrogen and oxygen atoms in total. The van der Waals surface area contributed by atoms with E-state index in [1.54, 1.807) is 6.07 Å². The number of nitro groups is 1. The highest BCUT2D eigenvalue weighted by atomic mass is 79.9. The minimum atomic E-state index is -0.513. The molecule has 18 heavy (non-hydrogen) atoms. The number of alkyl halides is 1. The molecule has 0 radical (unpaired) electrons. The standard InChI is InChI=1S/C12H15BrN2O3/c1-2-4-10(13)8-14-12(16)9-5-3-6-11(7-9)15(17)18/h3,5-7,10H,2,4,8H2,1H3,(H,14,16). The molecule has 0 heterocycles. The van der Waals surface area contributed by atoms with E-state index in [2.05, 4.69) is 28.2 Å². The topological polar surface area (TPSA) is 72.2 Å². The van der Waals surface area contributed by atoms with Gasteiger partial charge < -0.3 is 5.32 Å². The highest BCUT2D eigenvalue weighted by Gasteiger charge is 2.12. The van der Waals surface area contributed by atoms with Crippen molar-refractivity contribution in [2.24, 2.45) is 0 Å². The minimum Gasteiger partial charge on any atom is -0.351 e. The first-order valence-corrected chi connectivity index (χ1v) is 6.63. The van der Waals surface area contributed by atoms with E-state index < -0.39 is 4.92 Å². The first-order chi connectivity index (χ1) is 8.54. The van der Waals surface area contributed by atoms with Gasteiger partial charge in [-0.25, -0.2) is 0 Å². The zero-order valence-corrected chi connectivity index (χ0v) is 11.6. The van der Waals surface area contributed by atoms with E-state index in [4.69, 9.17) is 0 Å². The summed E-state index contributed by atoms with van der Waals surface area (Å²) in [5.41, 5.74) is 0.229. The second-order valence-electron chi connectivity index (χ2n) is 3.90. The third kappa shape index (κ3) is 4.44. The molecule has 1 amide bonds. The molecule has 0 aromatic heterocycles. The van der Waals surface area contributed by atoms with Crippen molar-refractivity contribution in [2.75, 3.05) is 6.54 Å². The molecular formula is C12H15BrN2O3. The maximum absolute atomic E-state index is 11.8. The summed E-state index contributed by atoms with van der Waals surface area (Å²) in [5, 5.41) is 13.3. The van der Waals surface area contributed by atoms with E-state index in [1.165, 1.54) is 18.2 Å². The van der Waals surface area contributed by atoms with Gasteiger partial charge in [0, 0.05) is 29.1 Å².